The van der Waals surface area contributed by atoms with E-state index in [-0.39, 0.29) is 5.97 Å². The van der Waals surface area contributed by atoms with Crippen LogP contribution < -0.4 is 5.73 Å². The second-order valence-electron chi connectivity index (χ2n) is 5.78. The summed E-state index contributed by atoms with van der Waals surface area (Å²) in [4.78, 5) is 14.1. The molecular weight excluding hydrogens is 330 g/mol. The molecule has 3 nitrogen and oxygen atoms in total. The highest BCUT2D eigenvalue weighted by molar-refractivity contribution is 7.99. The molecule has 122 valence electrons. The van der Waals surface area contributed by atoms with E-state index >= 15 is 0 Å². The molecule has 0 unspecified atom stereocenters. The van der Waals surface area contributed by atoms with E-state index in [9.17, 15) is 4.79 Å². The molecule has 0 amide bonds. The summed E-state index contributed by atoms with van der Waals surface area (Å²) in [5.74, 6) is -0.323. The van der Waals surface area contributed by atoms with Gasteiger partial charge in [-0.05, 0) is 49.7 Å². The largest absolute Gasteiger partial charge is 0.469 e. The first kappa shape index (κ1) is 17.9. The van der Waals surface area contributed by atoms with Gasteiger partial charge in [0.2, 0.25) is 0 Å². The maximum absolute atomic E-state index is 12.0. The summed E-state index contributed by atoms with van der Waals surface area (Å²) in [6, 6.07) is 15.0. The molecule has 0 saturated heterocycles. The van der Waals surface area contributed by atoms with Crippen molar-refractivity contribution in [3.05, 3.63) is 59.1 Å². The zero-order chi connectivity index (χ0) is 17.0. The quantitative estimate of drug-likeness (QED) is 0.795. The van der Waals surface area contributed by atoms with Crippen LogP contribution in [0.4, 0.5) is 0 Å². The Bertz CT molecular complexity index is 686. The fourth-order valence-corrected chi connectivity index (χ4v) is 3.35. The number of hydrogen-bond acceptors (Lipinski definition) is 4. The predicted octanol–water partition coefficient (Wildman–Crippen LogP) is 4.69. The topological polar surface area (TPSA) is 52.3 Å². The molecule has 2 N–H and O–H groups in total. The van der Waals surface area contributed by atoms with Crippen molar-refractivity contribution < 1.29 is 9.53 Å². The van der Waals surface area contributed by atoms with Gasteiger partial charge in [0.1, 0.15) is 0 Å². The Morgan fingerprint density at radius 3 is 2.39 bits per heavy atom. The Kier molecular flexibility index (Phi) is 5.74. The molecule has 0 bridgehead atoms. The highest BCUT2D eigenvalue weighted by atomic mass is 35.5. The average Bonchev–Trinajstić information content (AvgIpc) is 2.56. The SMILES string of the molecule is COC(=O)C(C)(C)[C@H](N)c1ccccc1Sc1ccc(Cl)cc1. The van der Waals surface area contributed by atoms with Gasteiger partial charge in [0.25, 0.3) is 0 Å². The number of benzene rings is 2. The molecule has 5 heteroatoms. The van der Waals surface area contributed by atoms with Crippen LogP contribution >= 0.6 is 23.4 Å². The molecule has 2 aromatic rings. The zero-order valence-electron chi connectivity index (χ0n) is 13.4. The van der Waals surface area contributed by atoms with Crippen LogP contribution in [0.5, 0.6) is 0 Å². The van der Waals surface area contributed by atoms with Gasteiger partial charge in [-0.2, -0.15) is 0 Å². The lowest BCUT2D eigenvalue weighted by Crippen LogP contribution is -2.37. The van der Waals surface area contributed by atoms with E-state index in [0.717, 1.165) is 15.4 Å². The minimum atomic E-state index is -0.814. The van der Waals surface area contributed by atoms with Crippen LogP contribution in [0, 0.1) is 5.41 Å². The summed E-state index contributed by atoms with van der Waals surface area (Å²) >= 11 is 7.52. The van der Waals surface area contributed by atoms with Crippen molar-refractivity contribution in [1.29, 1.82) is 0 Å². The molecule has 0 radical (unpaired) electrons. The fraction of sp³-hybridized carbons (Fsp3) is 0.278. The molecule has 0 spiro atoms. The molecule has 0 fully saturated rings. The van der Waals surface area contributed by atoms with Gasteiger partial charge >= 0.3 is 5.97 Å². The summed E-state index contributed by atoms with van der Waals surface area (Å²) in [6.07, 6.45) is 0. The third kappa shape index (κ3) is 4.08. The molecule has 0 heterocycles. The van der Waals surface area contributed by atoms with Crippen molar-refractivity contribution >= 4 is 29.3 Å². The smallest absolute Gasteiger partial charge is 0.313 e. The van der Waals surface area contributed by atoms with Crippen LogP contribution in [0.2, 0.25) is 5.02 Å². The number of methoxy groups -OCH3 is 1. The van der Waals surface area contributed by atoms with Gasteiger partial charge in [0, 0.05) is 20.9 Å². The van der Waals surface area contributed by atoms with E-state index in [1.807, 2.05) is 48.5 Å². The van der Waals surface area contributed by atoms with E-state index in [4.69, 9.17) is 22.1 Å². The number of hydrogen-bond donors (Lipinski definition) is 1. The number of esters is 1. The van der Waals surface area contributed by atoms with Crippen LogP contribution in [0.15, 0.2) is 58.3 Å². The average molecular weight is 350 g/mol. The standard InChI is InChI=1S/C18H20ClNO2S/c1-18(2,17(21)22-3)16(20)14-6-4-5-7-15(14)23-13-10-8-12(19)9-11-13/h4-11,16H,20H2,1-3H3/t16-/m1/s1. The zero-order valence-corrected chi connectivity index (χ0v) is 14.9. The Hall–Kier alpha value is -1.49. The molecule has 0 aliphatic carbocycles. The van der Waals surface area contributed by atoms with Gasteiger partial charge in [-0.1, -0.05) is 41.6 Å². The van der Waals surface area contributed by atoms with Gasteiger partial charge in [-0.15, -0.1) is 0 Å². The van der Waals surface area contributed by atoms with Gasteiger partial charge in [-0.25, -0.2) is 0 Å². The minimum absolute atomic E-state index is 0.323. The predicted molar refractivity (Wildman–Crippen MR) is 94.7 cm³/mol. The normalized spacial score (nSPS) is 12.7. The van der Waals surface area contributed by atoms with E-state index in [0.29, 0.717) is 5.02 Å². The number of halogens is 1. The Morgan fingerprint density at radius 2 is 1.78 bits per heavy atom. The molecule has 0 saturated carbocycles. The number of carbonyl (C=O) groups excluding carboxylic acids is 1. The summed E-state index contributed by atoms with van der Waals surface area (Å²) in [7, 11) is 1.38. The van der Waals surface area contributed by atoms with E-state index in [1.54, 1.807) is 25.6 Å². The van der Waals surface area contributed by atoms with E-state index < -0.39 is 11.5 Å². The lowest BCUT2D eigenvalue weighted by Gasteiger charge is -2.30. The summed E-state index contributed by atoms with van der Waals surface area (Å²) in [5, 5.41) is 0.700. The van der Waals surface area contributed by atoms with Crippen molar-refractivity contribution in [2.24, 2.45) is 11.1 Å². The van der Waals surface area contributed by atoms with Crippen LogP contribution in [0.25, 0.3) is 0 Å². The third-order valence-electron chi connectivity index (χ3n) is 3.78. The summed E-state index contributed by atoms with van der Waals surface area (Å²) in [5.41, 5.74) is 6.50. The Morgan fingerprint density at radius 1 is 1.17 bits per heavy atom. The maximum Gasteiger partial charge on any atom is 0.313 e. The highest BCUT2D eigenvalue weighted by Gasteiger charge is 2.37. The van der Waals surface area contributed by atoms with Crippen LogP contribution in [-0.4, -0.2) is 13.1 Å². The monoisotopic (exact) mass is 349 g/mol. The lowest BCUT2D eigenvalue weighted by molar-refractivity contribution is -0.152. The first-order chi connectivity index (χ1) is 10.9. The van der Waals surface area contributed by atoms with Crippen molar-refractivity contribution in [3.8, 4) is 0 Å². The number of nitrogens with two attached hydrogens (primary N) is 1. The number of carbonyl (C=O) groups is 1. The number of ether oxygens (including phenoxy) is 1. The van der Waals surface area contributed by atoms with Crippen molar-refractivity contribution in [2.45, 2.75) is 29.7 Å². The van der Waals surface area contributed by atoms with Crippen LogP contribution in [0.3, 0.4) is 0 Å². The van der Waals surface area contributed by atoms with Crippen molar-refractivity contribution in [3.63, 3.8) is 0 Å². The van der Waals surface area contributed by atoms with Gasteiger partial charge in [0.15, 0.2) is 0 Å². The Balaban J connectivity index is 2.33. The molecule has 1 atom stereocenters. The first-order valence-corrected chi connectivity index (χ1v) is 8.42. The van der Waals surface area contributed by atoms with Gasteiger partial charge < -0.3 is 10.5 Å². The molecular formula is C18H20ClNO2S. The molecule has 23 heavy (non-hydrogen) atoms. The summed E-state index contributed by atoms with van der Waals surface area (Å²) < 4.78 is 4.89. The van der Waals surface area contributed by atoms with Crippen LogP contribution in [0.1, 0.15) is 25.5 Å². The van der Waals surface area contributed by atoms with E-state index in [1.165, 1.54) is 7.11 Å². The Labute approximate surface area is 146 Å². The second-order valence-corrected chi connectivity index (χ2v) is 7.34. The summed E-state index contributed by atoms with van der Waals surface area (Å²) in [6.45, 7) is 3.60. The molecule has 0 aliphatic rings. The molecule has 0 aliphatic heterocycles. The van der Waals surface area contributed by atoms with Crippen LogP contribution in [-0.2, 0) is 9.53 Å². The highest BCUT2D eigenvalue weighted by Crippen LogP contribution is 2.39. The van der Waals surface area contributed by atoms with Crippen molar-refractivity contribution in [1.82, 2.24) is 0 Å². The second kappa shape index (κ2) is 7.39. The molecule has 0 aromatic heterocycles. The van der Waals surface area contributed by atoms with Gasteiger partial charge in [0.05, 0.1) is 12.5 Å². The van der Waals surface area contributed by atoms with E-state index in [2.05, 4.69) is 0 Å². The minimum Gasteiger partial charge on any atom is -0.469 e. The number of rotatable bonds is 5. The first-order valence-electron chi connectivity index (χ1n) is 7.22. The molecule has 2 rings (SSSR count). The lowest BCUT2D eigenvalue weighted by atomic mass is 9.81. The molecule has 2 aromatic carbocycles. The van der Waals surface area contributed by atoms with Gasteiger partial charge in [-0.3, -0.25) is 4.79 Å². The maximum atomic E-state index is 12.0. The third-order valence-corrected chi connectivity index (χ3v) is 5.14. The fourth-order valence-electron chi connectivity index (χ4n) is 2.24. The van der Waals surface area contributed by atoms with Crippen molar-refractivity contribution in [2.75, 3.05) is 7.11 Å².